The van der Waals surface area contributed by atoms with E-state index in [0.29, 0.717) is 5.56 Å². The number of benzene rings is 1. The summed E-state index contributed by atoms with van der Waals surface area (Å²) in [6.07, 6.45) is 1.11. The lowest BCUT2D eigenvalue weighted by molar-refractivity contribution is -0.108. The molecule has 6 heteroatoms. The Morgan fingerprint density at radius 3 is 2.58 bits per heavy atom. The molecule has 1 unspecified atom stereocenters. The zero-order valence-corrected chi connectivity index (χ0v) is 12.2. The number of phosphoric acid groups is 1. The van der Waals surface area contributed by atoms with E-state index in [4.69, 9.17) is 4.52 Å². The minimum atomic E-state index is -4.12. The molecule has 0 spiro atoms. The number of aldehydes is 1. The predicted octanol–water partition coefficient (Wildman–Crippen LogP) is 3.07. The second-order valence-corrected chi connectivity index (χ2v) is 6.11. The van der Waals surface area contributed by atoms with Gasteiger partial charge in [-0.05, 0) is 18.4 Å². The maximum absolute atomic E-state index is 11.7. The van der Waals surface area contributed by atoms with Crippen LogP contribution in [0.5, 0.6) is 5.75 Å². The molecule has 0 aliphatic heterocycles. The van der Waals surface area contributed by atoms with Crippen molar-refractivity contribution in [2.24, 2.45) is 0 Å². The summed E-state index contributed by atoms with van der Waals surface area (Å²) in [5, 5.41) is 0. The molecule has 0 aliphatic carbocycles. The van der Waals surface area contributed by atoms with Crippen LogP contribution in [0.2, 0.25) is 0 Å². The van der Waals surface area contributed by atoms with Crippen molar-refractivity contribution in [3.8, 4) is 5.75 Å². The van der Waals surface area contributed by atoms with Gasteiger partial charge >= 0.3 is 7.82 Å². The molecule has 0 saturated heterocycles. The molecule has 5 nitrogen and oxygen atoms in total. The fraction of sp³-hybridized carbons (Fsp3) is 0.462. The average molecular weight is 286 g/mol. The van der Waals surface area contributed by atoms with Gasteiger partial charge in [-0.1, -0.05) is 32.0 Å². The maximum Gasteiger partial charge on any atom is 0.527 e. The summed E-state index contributed by atoms with van der Waals surface area (Å²) in [7, 11) is -4.12. The lowest BCUT2D eigenvalue weighted by atomic mass is 9.81. The fourth-order valence-corrected chi connectivity index (χ4v) is 2.52. The summed E-state index contributed by atoms with van der Waals surface area (Å²) < 4.78 is 21.4. The molecule has 1 aromatic carbocycles. The van der Waals surface area contributed by atoms with E-state index in [0.717, 1.165) is 6.29 Å². The van der Waals surface area contributed by atoms with Crippen LogP contribution in [0.25, 0.3) is 0 Å². The zero-order chi connectivity index (χ0) is 14.5. The largest absolute Gasteiger partial charge is 0.527 e. The Kier molecular flexibility index (Phi) is 5.29. The molecular weight excluding hydrogens is 267 g/mol. The molecule has 0 radical (unpaired) electrons. The minimum absolute atomic E-state index is 0.0771. The summed E-state index contributed by atoms with van der Waals surface area (Å²) in [6, 6.07) is 6.84. The first-order valence-corrected chi connectivity index (χ1v) is 7.52. The van der Waals surface area contributed by atoms with Crippen molar-refractivity contribution in [1.82, 2.24) is 0 Å². The highest BCUT2D eigenvalue weighted by Crippen LogP contribution is 2.46. The monoisotopic (exact) mass is 286 g/mol. The van der Waals surface area contributed by atoms with E-state index in [2.05, 4.69) is 4.52 Å². The second kappa shape index (κ2) is 6.33. The fourth-order valence-electron chi connectivity index (χ4n) is 1.74. The highest BCUT2D eigenvalue weighted by atomic mass is 31.2. The zero-order valence-electron chi connectivity index (χ0n) is 11.3. The van der Waals surface area contributed by atoms with E-state index >= 15 is 0 Å². The van der Waals surface area contributed by atoms with Gasteiger partial charge in [0, 0.05) is 12.0 Å². The molecule has 106 valence electrons. The van der Waals surface area contributed by atoms with Crippen molar-refractivity contribution in [3.05, 3.63) is 29.8 Å². The van der Waals surface area contributed by atoms with E-state index in [9.17, 15) is 14.3 Å². The lowest BCUT2D eigenvalue weighted by Crippen LogP contribution is -2.18. The van der Waals surface area contributed by atoms with Crippen molar-refractivity contribution < 1.29 is 23.3 Å². The number of hydrogen-bond acceptors (Lipinski definition) is 4. The third kappa shape index (κ3) is 4.46. The summed E-state index contributed by atoms with van der Waals surface area (Å²) in [6.45, 7) is 5.42. The highest BCUT2D eigenvalue weighted by molar-refractivity contribution is 7.47. The third-order valence-corrected chi connectivity index (χ3v) is 3.73. The van der Waals surface area contributed by atoms with Crippen molar-refractivity contribution in [2.75, 3.05) is 6.61 Å². The molecule has 19 heavy (non-hydrogen) atoms. The summed E-state index contributed by atoms with van der Waals surface area (Å²) >= 11 is 0. The first-order chi connectivity index (χ1) is 8.82. The van der Waals surface area contributed by atoms with Gasteiger partial charge in [0.15, 0.2) is 0 Å². The first kappa shape index (κ1) is 15.9. The summed E-state index contributed by atoms with van der Waals surface area (Å²) in [4.78, 5) is 20.3. The number of para-hydroxylation sites is 1. The number of hydrogen-bond donors (Lipinski definition) is 1. The number of rotatable bonds is 7. The number of carbonyl (C=O) groups is 1. The average Bonchev–Trinajstić information content (AvgIpc) is 2.28. The van der Waals surface area contributed by atoms with Crippen LogP contribution in [0.4, 0.5) is 0 Å². The van der Waals surface area contributed by atoms with Crippen LogP contribution in [0.3, 0.4) is 0 Å². The topological polar surface area (TPSA) is 72.8 Å². The minimum Gasteiger partial charge on any atom is -0.404 e. The van der Waals surface area contributed by atoms with Crippen molar-refractivity contribution in [2.45, 2.75) is 32.6 Å². The SMILES string of the molecule is CCOP(=O)(O)Oc1ccccc1C(C)(C)CC=O. The third-order valence-electron chi connectivity index (χ3n) is 2.72. The molecule has 0 amide bonds. The molecule has 0 fully saturated rings. The van der Waals surface area contributed by atoms with E-state index in [-0.39, 0.29) is 18.8 Å². The highest BCUT2D eigenvalue weighted by Gasteiger charge is 2.28. The molecule has 0 aliphatic rings. The number of carbonyl (C=O) groups excluding carboxylic acids is 1. The standard InChI is InChI=1S/C13H19O5P/c1-4-17-19(15,16)18-12-8-6-5-7-11(12)13(2,3)9-10-14/h5-8,10H,4,9H2,1-3H3,(H,15,16). The van der Waals surface area contributed by atoms with Gasteiger partial charge in [0.05, 0.1) is 6.61 Å². The van der Waals surface area contributed by atoms with Crippen LogP contribution in [0.1, 0.15) is 32.8 Å². The van der Waals surface area contributed by atoms with Crippen LogP contribution in [-0.2, 0) is 19.3 Å². The molecule has 1 aromatic rings. The Hall–Kier alpha value is -1.16. The molecular formula is C13H19O5P. The van der Waals surface area contributed by atoms with Crippen molar-refractivity contribution in [1.29, 1.82) is 0 Å². The first-order valence-electron chi connectivity index (χ1n) is 6.02. The van der Waals surface area contributed by atoms with Crippen molar-refractivity contribution in [3.63, 3.8) is 0 Å². The Bertz CT molecular complexity index is 484. The summed E-state index contributed by atoms with van der Waals surface area (Å²) in [5.41, 5.74) is 0.209. The van der Waals surface area contributed by atoms with Gasteiger partial charge in [0.1, 0.15) is 12.0 Å². The van der Waals surface area contributed by atoms with Crippen LogP contribution >= 0.6 is 7.82 Å². The van der Waals surface area contributed by atoms with Crippen LogP contribution in [0, 0.1) is 0 Å². The smallest absolute Gasteiger partial charge is 0.404 e. The van der Waals surface area contributed by atoms with Gasteiger partial charge < -0.3 is 9.32 Å². The molecule has 0 bridgehead atoms. The Balaban J connectivity index is 3.09. The molecule has 1 rings (SSSR count). The van der Waals surface area contributed by atoms with E-state index in [1.165, 1.54) is 0 Å². The Morgan fingerprint density at radius 2 is 2.00 bits per heavy atom. The van der Waals surface area contributed by atoms with Crippen LogP contribution < -0.4 is 4.52 Å². The van der Waals surface area contributed by atoms with Crippen LogP contribution in [0.15, 0.2) is 24.3 Å². The van der Waals surface area contributed by atoms with Gasteiger partial charge in [-0.3, -0.25) is 9.42 Å². The van der Waals surface area contributed by atoms with E-state index in [1.807, 2.05) is 13.8 Å². The quantitative estimate of drug-likeness (QED) is 0.616. The molecule has 1 N–H and O–H groups in total. The second-order valence-electron chi connectivity index (χ2n) is 4.73. The lowest BCUT2D eigenvalue weighted by Gasteiger charge is -2.25. The number of phosphoric ester groups is 1. The Labute approximate surface area is 113 Å². The Morgan fingerprint density at radius 1 is 1.37 bits per heavy atom. The molecule has 0 aromatic heterocycles. The summed E-state index contributed by atoms with van der Waals surface area (Å²) in [5.74, 6) is 0.258. The predicted molar refractivity (Wildman–Crippen MR) is 72.2 cm³/mol. The van der Waals surface area contributed by atoms with Gasteiger partial charge in [0.2, 0.25) is 0 Å². The maximum atomic E-state index is 11.7. The molecule has 1 atom stereocenters. The van der Waals surface area contributed by atoms with E-state index in [1.54, 1.807) is 31.2 Å². The molecule has 0 heterocycles. The van der Waals surface area contributed by atoms with Gasteiger partial charge in [0.25, 0.3) is 0 Å². The van der Waals surface area contributed by atoms with Crippen molar-refractivity contribution >= 4 is 14.1 Å². The van der Waals surface area contributed by atoms with Gasteiger partial charge in [-0.15, -0.1) is 0 Å². The van der Waals surface area contributed by atoms with Gasteiger partial charge in [-0.25, -0.2) is 4.57 Å². The molecule has 0 saturated carbocycles. The van der Waals surface area contributed by atoms with Crippen LogP contribution in [-0.4, -0.2) is 17.8 Å². The van der Waals surface area contributed by atoms with Gasteiger partial charge in [-0.2, -0.15) is 0 Å². The van der Waals surface area contributed by atoms with E-state index < -0.39 is 13.2 Å². The normalized spacial score (nSPS) is 14.7.